The van der Waals surface area contributed by atoms with Gasteiger partial charge in [-0.3, -0.25) is 9.59 Å². The summed E-state index contributed by atoms with van der Waals surface area (Å²) in [6.07, 6.45) is 0. The maximum atomic E-state index is 12.8. The summed E-state index contributed by atoms with van der Waals surface area (Å²) >= 11 is 0. The molecule has 1 aromatic heterocycles. The lowest BCUT2D eigenvalue weighted by Gasteiger charge is -2.12. The number of aromatic nitrogens is 1. The lowest BCUT2D eigenvalue weighted by molar-refractivity contribution is -0.131. The number of carbonyl (C=O) groups is 3. The zero-order valence-electron chi connectivity index (χ0n) is 18.8. The number of para-hydroxylation sites is 2. The van der Waals surface area contributed by atoms with Crippen LogP contribution in [0.1, 0.15) is 45.8 Å². The van der Waals surface area contributed by atoms with E-state index in [1.165, 1.54) is 26.0 Å². The summed E-state index contributed by atoms with van der Waals surface area (Å²) in [5, 5.41) is 0.696. The molecule has 33 heavy (non-hydrogen) atoms. The van der Waals surface area contributed by atoms with Gasteiger partial charge in [0.2, 0.25) is 0 Å². The molecule has 166 valence electrons. The second-order valence-corrected chi connectivity index (χ2v) is 7.80. The van der Waals surface area contributed by atoms with Gasteiger partial charge in [-0.05, 0) is 62.7 Å². The lowest BCUT2D eigenvalue weighted by Crippen LogP contribution is -2.12. The first-order valence-electron chi connectivity index (χ1n) is 10.5. The van der Waals surface area contributed by atoms with Crippen molar-refractivity contribution in [2.75, 3.05) is 0 Å². The molecule has 3 aromatic carbocycles. The standard InChI is InChI=1S/C27H23NO5/c1-16-9-5-7-11-23(16)28-17(2)26(18(3)29)22-15-20(13-14-24(22)28)33-27(31)21-10-6-8-12-25(21)32-19(4)30/h5-15H,1-4H3. The Bertz CT molecular complexity index is 1410. The van der Waals surface area contributed by atoms with Crippen LogP contribution in [0.2, 0.25) is 0 Å². The number of Topliss-reactive ketones (excluding diaryl/α,β-unsaturated/α-hetero) is 1. The Morgan fingerprint density at radius 1 is 0.818 bits per heavy atom. The molecule has 0 fully saturated rings. The first-order chi connectivity index (χ1) is 15.8. The van der Waals surface area contributed by atoms with Gasteiger partial charge < -0.3 is 14.0 Å². The third-order valence-electron chi connectivity index (χ3n) is 5.46. The number of benzene rings is 3. The predicted molar refractivity (Wildman–Crippen MR) is 125 cm³/mol. The summed E-state index contributed by atoms with van der Waals surface area (Å²) in [7, 11) is 0. The van der Waals surface area contributed by atoms with Crippen molar-refractivity contribution in [3.8, 4) is 17.2 Å². The van der Waals surface area contributed by atoms with E-state index in [0.717, 1.165) is 22.5 Å². The second-order valence-electron chi connectivity index (χ2n) is 7.80. The van der Waals surface area contributed by atoms with E-state index in [4.69, 9.17) is 9.47 Å². The molecular formula is C27H23NO5. The molecule has 6 nitrogen and oxygen atoms in total. The lowest BCUT2D eigenvalue weighted by atomic mass is 10.1. The van der Waals surface area contributed by atoms with Gasteiger partial charge in [0.05, 0.1) is 5.52 Å². The Labute approximate surface area is 191 Å². The Balaban J connectivity index is 1.79. The highest BCUT2D eigenvalue weighted by Crippen LogP contribution is 2.33. The van der Waals surface area contributed by atoms with Crippen LogP contribution in [0, 0.1) is 13.8 Å². The SMILES string of the molecule is CC(=O)Oc1ccccc1C(=O)Oc1ccc2c(c1)c(C(C)=O)c(C)n2-c1ccccc1C. The van der Waals surface area contributed by atoms with Crippen LogP contribution in [-0.4, -0.2) is 22.3 Å². The van der Waals surface area contributed by atoms with Gasteiger partial charge in [-0.25, -0.2) is 4.79 Å². The van der Waals surface area contributed by atoms with Crippen molar-refractivity contribution in [2.24, 2.45) is 0 Å². The third kappa shape index (κ3) is 4.15. The van der Waals surface area contributed by atoms with Crippen LogP contribution < -0.4 is 9.47 Å². The molecule has 0 radical (unpaired) electrons. The van der Waals surface area contributed by atoms with Crippen molar-refractivity contribution in [3.05, 3.63) is 89.1 Å². The number of ketones is 1. The van der Waals surface area contributed by atoms with Crippen molar-refractivity contribution in [2.45, 2.75) is 27.7 Å². The van der Waals surface area contributed by atoms with E-state index in [9.17, 15) is 14.4 Å². The molecule has 4 aromatic rings. The summed E-state index contributed by atoms with van der Waals surface area (Å²) in [6.45, 7) is 6.72. The minimum absolute atomic E-state index is 0.0754. The number of hydrogen-bond acceptors (Lipinski definition) is 5. The van der Waals surface area contributed by atoms with E-state index in [1.54, 1.807) is 24.3 Å². The smallest absolute Gasteiger partial charge is 0.347 e. The molecule has 0 aliphatic rings. The van der Waals surface area contributed by atoms with Gasteiger partial charge in [-0.15, -0.1) is 0 Å². The first kappa shape index (κ1) is 22.0. The van der Waals surface area contributed by atoms with Crippen molar-refractivity contribution in [1.29, 1.82) is 0 Å². The van der Waals surface area contributed by atoms with Crippen molar-refractivity contribution in [1.82, 2.24) is 4.57 Å². The number of aryl methyl sites for hydroxylation is 1. The van der Waals surface area contributed by atoms with Crippen molar-refractivity contribution in [3.63, 3.8) is 0 Å². The highest BCUT2D eigenvalue weighted by Gasteiger charge is 2.21. The average Bonchev–Trinajstić information content (AvgIpc) is 3.05. The molecule has 6 heteroatoms. The van der Waals surface area contributed by atoms with Gasteiger partial charge >= 0.3 is 11.9 Å². The fraction of sp³-hybridized carbons (Fsp3) is 0.148. The highest BCUT2D eigenvalue weighted by molar-refractivity contribution is 6.09. The van der Waals surface area contributed by atoms with Gasteiger partial charge in [-0.2, -0.15) is 0 Å². The van der Waals surface area contributed by atoms with Crippen LogP contribution in [0.25, 0.3) is 16.6 Å². The van der Waals surface area contributed by atoms with Gasteiger partial charge in [0, 0.05) is 29.3 Å². The molecule has 0 amide bonds. The summed E-state index contributed by atoms with van der Waals surface area (Å²) in [6, 6.07) is 19.5. The predicted octanol–water partition coefficient (Wildman–Crippen LogP) is 5.59. The number of rotatable bonds is 5. The summed E-state index contributed by atoms with van der Waals surface area (Å²) in [5.74, 6) is -0.855. The molecule has 0 bridgehead atoms. The maximum Gasteiger partial charge on any atom is 0.347 e. The number of hydrogen-bond donors (Lipinski definition) is 0. The zero-order chi connectivity index (χ0) is 23.7. The zero-order valence-corrected chi connectivity index (χ0v) is 18.8. The molecule has 0 N–H and O–H groups in total. The van der Waals surface area contributed by atoms with Crippen LogP contribution in [0.15, 0.2) is 66.7 Å². The van der Waals surface area contributed by atoms with E-state index in [0.29, 0.717) is 10.9 Å². The molecule has 0 aliphatic carbocycles. The van der Waals surface area contributed by atoms with Gasteiger partial charge in [-0.1, -0.05) is 30.3 Å². The van der Waals surface area contributed by atoms with E-state index in [1.807, 2.05) is 48.7 Å². The molecule has 1 heterocycles. The van der Waals surface area contributed by atoms with E-state index in [-0.39, 0.29) is 22.8 Å². The van der Waals surface area contributed by atoms with Crippen LogP contribution in [0.5, 0.6) is 11.5 Å². The Kier molecular flexibility index (Phi) is 5.84. The molecule has 0 aliphatic heterocycles. The molecule has 4 rings (SSSR count). The fourth-order valence-corrected chi connectivity index (χ4v) is 4.07. The molecular weight excluding hydrogens is 418 g/mol. The normalized spacial score (nSPS) is 10.8. The van der Waals surface area contributed by atoms with Crippen LogP contribution >= 0.6 is 0 Å². The summed E-state index contributed by atoms with van der Waals surface area (Å²) in [5.41, 5.74) is 4.42. The van der Waals surface area contributed by atoms with Gasteiger partial charge in [0.25, 0.3) is 0 Å². The van der Waals surface area contributed by atoms with Gasteiger partial charge in [0.15, 0.2) is 5.78 Å². The molecule has 0 saturated carbocycles. The van der Waals surface area contributed by atoms with E-state index < -0.39 is 11.9 Å². The summed E-state index contributed by atoms with van der Waals surface area (Å²) in [4.78, 5) is 36.7. The Hall–Kier alpha value is -4.19. The number of esters is 2. The third-order valence-corrected chi connectivity index (χ3v) is 5.46. The molecule has 0 unspecified atom stereocenters. The van der Waals surface area contributed by atoms with Crippen molar-refractivity contribution < 1.29 is 23.9 Å². The maximum absolute atomic E-state index is 12.8. The molecule has 0 spiro atoms. The monoisotopic (exact) mass is 441 g/mol. The summed E-state index contributed by atoms with van der Waals surface area (Å²) < 4.78 is 12.8. The molecule has 0 saturated heterocycles. The highest BCUT2D eigenvalue weighted by atomic mass is 16.5. The Morgan fingerprint density at radius 2 is 1.52 bits per heavy atom. The molecule has 0 atom stereocenters. The van der Waals surface area contributed by atoms with E-state index in [2.05, 4.69) is 0 Å². The number of nitrogens with zero attached hydrogens (tertiary/aromatic N) is 1. The minimum atomic E-state index is -0.661. The number of ether oxygens (including phenoxy) is 2. The quantitative estimate of drug-likeness (QED) is 0.229. The minimum Gasteiger partial charge on any atom is -0.426 e. The fourth-order valence-electron chi connectivity index (χ4n) is 4.07. The number of fused-ring (bicyclic) bond motifs is 1. The van der Waals surface area contributed by atoms with Crippen molar-refractivity contribution >= 4 is 28.6 Å². The van der Waals surface area contributed by atoms with Gasteiger partial charge in [0.1, 0.15) is 17.1 Å². The second kappa shape index (κ2) is 8.74. The largest absolute Gasteiger partial charge is 0.426 e. The van der Waals surface area contributed by atoms with Crippen LogP contribution in [0.4, 0.5) is 0 Å². The Morgan fingerprint density at radius 3 is 2.21 bits per heavy atom. The topological polar surface area (TPSA) is 74.6 Å². The van der Waals surface area contributed by atoms with Crippen LogP contribution in [-0.2, 0) is 4.79 Å². The van der Waals surface area contributed by atoms with E-state index >= 15 is 0 Å². The number of carbonyl (C=O) groups excluding carboxylic acids is 3. The van der Waals surface area contributed by atoms with Crippen LogP contribution in [0.3, 0.4) is 0 Å². The average molecular weight is 441 g/mol. The first-order valence-corrected chi connectivity index (χ1v) is 10.5.